The van der Waals surface area contributed by atoms with E-state index in [9.17, 15) is 5.11 Å². The molecule has 3 rings (SSSR count). The van der Waals surface area contributed by atoms with Gasteiger partial charge in [0.05, 0.1) is 24.4 Å². The lowest BCUT2D eigenvalue weighted by atomic mass is 10.2. The number of anilines is 1. The van der Waals surface area contributed by atoms with Crippen molar-refractivity contribution in [3.05, 3.63) is 48.0 Å². The molecule has 0 saturated heterocycles. The normalized spacial score (nSPS) is 11.1. The Bertz CT molecular complexity index is 762. The van der Waals surface area contributed by atoms with Crippen molar-refractivity contribution in [3.8, 4) is 11.5 Å². The van der Waals surface area contributed by atoms with Crippen molar-refractivity contribution < 1.29 is 9.84 Å². The van der Waals surface area contributed by atoms with Crippen LogP contribution < -0.4 is 10.2 Å². The highest BCUT2D eigenvalue weighted by molar-refractivity contribution is 5.82. The van der Waals surface area contributed by atoms with Gasteiger partial charge in [0.1, 0.15) is 0 Å². The fourth-order valence-electron chi connectivity index (χ4n) is 1.95. The van der Waals surface area contributed by atoms with Crippen LogP contribution in [-0.2, 0) is 0 Å². The maximum atomic E-state index is 9.52. The molecule has 0 amide bonds. The number of methoxy groups -OCH3 is 1. The zero-order valence-corrected chi connectivity index (χ0v) is 11.4. The van der Waals surface area contributed by atoms with E-state index in [1.807, 2.05) is 24.3 Å². The van der Waals surface area contributed by atoms with Crippen LogP contribution in [0.3, 0.4) is 0 Å². The summed E-state index contributed by atoms with van der Waals surface area (Å²) < 4.78 is 5.04. The molecule has 0 saturated carbocycles. The zero-order chi connectivity index (χ0) is 14.7. The van der Waals surface area contributed by atoms with Gasteiger partial charge in [-0.05, 0) is 35.9 Å². The molecule has 6 nitrogen and oxygen atoms in total. The average molecular weight is 282 g/mol. The summed E-state index contributed by atoms with van der Waals surface area (Å²) in [6.45, 7) is 0. The molecule has 0 bridgehead atoms. The number of rotatable bonds is 4. The summed E-state index contributed by atoms with van der Waals surface area (Å²) >= 11 is 0. The second-order valence-corrected chi connectivity index (χ2v) is 4.40. The minimum absolute atomic E-state index is 0.0971. The van der Waals surface area contributed by atoms with Gasteiger partial charge >= 0.3 is 0 Å². The number of para-hydroxylation sites is 2. The zero-order valence-electron chi connectivity index (χ0n) is 11.4. The van der Waals surface area contributed by atoms with Crippen molar-refractivity contribution in [2.75, 3.05) is 12.5 Å². The van der Waals surface area contributed by atoms with Gasteiger partial charge in [-0.25, -0.2) is 10.4 Å². The molecule has 0 fully saturated rings. The molecule has 0 atom stereocenters. The average Bonchev–Trinajstić information content (AvgIpc) is 2.91. The third-order valence-electron chi connectivity index (χ3n) is 2.98. The second kappa shape index (κ2) is 5.54. The van der Waals surface area contributed by atoms with Gasteiger partial charge in [-0.2, -0.15) is 5.10 Å². The first kappa shape index (κ1) is 13.0. The van der Waals surface area contributed by atoms with Crippen LogP contribution in [0.25, 0.3) is 11.0 Å². The topological polar surface area (TPSA) is 82.5 Å². The van der Waals surface area contributed by atoms with Gasteiger partial charge in [-0.3, -0.25) is 0 Å². The third kappa shape index (κ3) is 2.79. The Morgan fingerprint density at radius 1 is 1.29 bits per heavy atom. The Morgan fingerprint density at radius 2 is 2.14 bits per heavy atom. The monoisotopic (exact) mass is 282 g/mol. The van der Waals surface area contributed by atoms with Crippen molar-refractivity contribution in [1.82, 2.24) is 9.97 Å². The summed E-state index contributed by atoms with van der Waals surface area (Å²) in [6, 6.07) is 12.7. The fraction of sp³-hybridized carbons (Fsp3) is 0.0667. The van der Waals surface area contributed by atoms with Crippen molar-refractivity contribution in [1.29, 1.82) is 0 Å². The summed E-state index contributed by atoms with van der Waals surface area (Å²) in [6.07, 6.45) is 1.62. The number of imidazole rings is 1. The van der Waals surface area contributed by atoms with E-state index < -0.39 is 0 Å². The van der Waals surface area contributed by atoms with Gasteiger partial charge in [0, 0.05) is 0 Å². The van der Waals surface area contributed by atoms with Crippen LogP contribution in [0.15, 0.2) is 47.6 Å². The van der Waals surface area contributed by atoms with E-state index in [2.05, 4.69) is 20.5 Å². The highest BCUT2D eigenvalue weighted by Gasteiger charge is 2.01. The largest absolute Gasteiger partial charge is 0.504 e. The highest BCUT2D eigenvalue weighted by Crippen LogP contribution is 2.25. The molecule has 21 heavy (non-hydrogen) atoms. The number of hydrazone groups is 1. The smallest absolute Gasteiger partial charge is 0.222 e. The van der Waals surface area contributed by atoms with Crippen molar-refractivity contribution >= 4 is 23.2 Å². The Labute approximate surface area is 121 Å². The van der Waals surface area contributed by atoms with Gasteiger partial charge in [0.2, 0.25) is 5.95 Å². The Balaban J connectivity index is 1.74. The summed E-state index contributed by atoms with van der Waals surface area (Å²) in [7, 11) is 1.50. The van der Waals surface area contributed by atoms with Crippen molar-refractivity contribution in [2.45, 2.75) is 0 Å². The van der Waals surface area contributed by atoms with Gasteiger partial charge in [-0.15, -0.1) is 0 Å². The molecule has 3 N–H and O–H groups in total. The number of aromatic nitrogens is 2. The molecule has 0 aliphatic rings. The number of nitrogens with one attached hydrogen (secondary N) is 2. The van der Waals surface area contributed by atoms with Crippen LogP contribution in [0.5, 0.6) is 11.5 Å². The van der Waals surface area contributed by atoms with Crippen LogP contribution in [-0.4, -0.2) is 28.4 Å². The first-order valence-corrected chi connectivity index (χ1v) is 6.37. The number of benzene rings is 2. The molecule has 0 unspecified atom stereocenters. The number of phenolic OH excluding ortho intramolecular Hbond substituents is 1. The molecule has 2 aromatic carbocycles. The molecule has 0 aliphatic heterocycles. The number of aromatic hydroxyl groups is 1. The lowest BCUT2D eigenvalue weighted by molar-refractivity contribution is 0.373. The molecule has 6 heteroatoms. The highest BCUT2D eigenvalue weighted by atomic mass is 16.5. The fourth-order valence-corrected chi connectivity index (χ4v) is 1.95. The molecule has 1 aromatic heterocycles. The van der Waals surface area contributed by atoms with Crippen LogP contribution in [0.1, 0.15) is 5.56 Å². The van der Waals surface area contributed by atoms with E-state index in [0.29, 0.717) is 11.7 Å². The van der Waals surface area contributed by atoms with Crippen LogP contribution in [0.4, 0.5) is 5.95 Å². The first-order valence-electron chi connectivity index (χ1n) is 6.37. The minimum Gasteiger partial charge on any atom is -0.504 e. The molecule has 0 aliphatic carbocycles. The number of fused-ring (bicyclic) bond motifs is 1. The summed E-state index contributed by atoms with van der Waals surface area (Å²) in [5.41, 5.74) is 5.46. The number of phenols is 1. The molecule has 106 valence electrons. The Kier molecular flexibility index (Phi) is 3.42. The third-order valence-corrected chi connectivity index (χ3v) is 2.98. The molecule has 0 radical (unpaired) electrons. The molecular formula is C15H14N4O2. The van der Waals surface area contributed by atoms with E-state index in [-0.39, 0.29) is 5.75 Å². The molecular weight excluding hydrogens is 268 g/mol. The predicted octanol–water partition coefficient (Wildman–Crippen LogP) is 2.72. The van der Waals surface area contributed by atoms with Crippen LogP contribution in [0, 0.1) is 0 Å². The molecule has 3 aromatic rings. The number of nitrogens with zero attached hydrogens (tertiary/aromatic N) is 2. The molecule has 1 heterocycles. The number of ether oxygens (including phenoxy) is 1. The SMILES string of the molecule is COc1cc(/C=N/Nc2nc3ccccc3[nH]2)ccc1O. The summed E-state index contributed by atoms with van der Waals surface area (Å²) in [5.74, 6) is 1.07. The predicted molar refractivity (Wildman–Crippen MR) is 82.0 cm³/mol. The van der Waals surface area contributed by atoms with Gasteiger partial charge in [-0.1, -0.05) is 12.1 Å². The van der Waals surface area contributed by atoms with E-state index in [4.69, 9.17) is 4.74 Å². The van der Waals surface area contributed by atoms with Gasteiger partial charge in [0.25, 0.3) is 0 Å². The Hall–Kier alpha value is -3.02. The van der Waals surface area contributed by atoms with E-state index in [1.165, 1.54) is 7.11 Å². The number of aromatic amines is 1. The second-order valence-electron chi connectivity index (χ2n) is 4.40. The maximum Gasteiger partial charge on any atom is 0.222 e. The van der Waals surface area contributed by atoms with Crippen molar-refractivity contribution in [3.63, 3.8) is 0 Å². The van der Waals surface area contributed by atoms with E-state index in [1.54, 1.807) is 24.4 Å². The standard InChI is InChI=1S/C15H14N4O2/c1-21-14-8-10(6-7-13(14)20)9-16-19-15-17-11-4-2-3-5-12(11)18-15/h2-9,20H,1H3,(H2,17,18,19)/b16-9+. The number of H-pyrrole nitrogens is 1. The minimum atomic E-state index is 0.0971. The molecule has 0 spiro atoms. The first-order chi connectivity index (χ1) is 10.3. The maximum absolute atomic E-state index is 9.52. The lowest BCUT2D eigenvalue weighted by Gasteiger charge is -2.03. The van der Waals surface area contributed by atoms with Gasteiger partial charge < -0.3 is 14.8 Å². The van der Waals surface area contributed by atoms with Gasteiger partial charge in [0.15, 0.2) is 11.5 Å². The van der Waals surface area contributed by atoms with Crippen LogP contribution in [0.2, 0.25) is 0 Å². The van der Waals surface area contributed by atoms with Crippen LogP contribution >= 0.6 is 0 Å². The van der Waals surface area contributed by atoms with Crippen molar-refractivity contribution in [2.24, 2.45) is 5.10 Å². The number of hydrogen-bond acceptors (Lipinski definition) is 5. The lowest BCUT2D eigenvalue weighted by Crippen LogP contribution is -1.93. The Morgan fingerprint density at radius 3 is 2.95 bits per heavy atom. The van der Waals surface area contributed by atoms with E-state index in [0.717, 1.165) is 16.6 Å². The van der Waals surface area contributed by atoms with E-state index >= 15 is 0 Å². The quantitative estimate of drug-likeness (QED) is 0.507. The summed E-state index contributed by atoms with van der Waals surface area (Å²) in [4.78, 5) is 7.46. The summed E-state index contributed by atoms with van der Waals surface area (Å²) in [5, 5.41) is 13.6. The number of hydrogen-bond donors (Lipinski definition) is 3.